The standard InChI is InChI=1S/C33H31F3N8O3/c1-16-5-8-25(33(34,35)36)38-31(16)39-32(47)30-20-6-7-23(11-20)44(30)27(46)15-43-29-17(2)9-21(12-24(29)28(41-43)19(4)45)22-13-37-26-10-18(3)40-42(26)14-22/h5,8-10,12-14,20,23,30H,6-7,11,15H2,1-4H3,(H,38,39,47)/t20?,23?,30-/m0/s1. The summed E-state index contributed by atoms with van der Waals surface area (Å²) in [4.78, 5) is 50.0. The summed E-state index contributed by atoms with van der Waals surface area (Å²) in [5.74, 6) is -1.53. The smallest absolute Gasteiger partial charge is 0.326 e. The average Bonchev–Trinajstić information content (AvgIpc) is 3.79. The van der Waals surface area contributed by atoms with Crippen LogP contribution >= 0.6 is 0 Å². The van der Waals surface area contributed by atoms with Crippen molar-refractivity contribution in [3.05, 3.63) is 70.9 Å². The SMILES string of the molecule is CC(=O)c1nn(CC(=O)N2C3CCC(C3)[C@H]2C(=O)Nc2nc(C(F)(F)F)ccc2C)c2c(C)cc(-c3cnc4cc(C)nn4c3)cc12. The number of nitrogens with zero attached hydrogens (tertiary/aromatic N) is 7. The summed E-state index contributed by atoms with van der Waals surface area (Å²) in [6, 6.07) is 6.73. The minimum Gasteiger partial charge on any atom is -0.326 e. The maximum Gasteiger partial charge on any atom is 0.433 e. The second kappa shape index (κ2) is 11.0. The number of anilines is 1. The molecule has 1 N–H and O–H groups in total. The number of halogens is 3. The van der Waals surface area contributed by atoms with Crippen molar-refractivity contribution in [2.45, 2.75) is 71.8 Å². The third-order valence-corrected chi connectivity index (χ3v) is 9.19. The minimum atomic E-state index is -4.67. The lowest BCUT2D eigenvalue weighted by atomic mass is 9.97. The second-order valence-electron chi connectivity index (χ2n) is 12.5. The molecule has 242 valence electrons. The summed E-state index contributed by atoms with van der Waals surface area (Å²) >= 11 is 0. The summed E-state index contributed by atoms with van der Waals surface area (Å²) in [6.45, 7) is 6.51. The van der Waals surface area contributed by atoms with Crippen molar-refractivity contribution in [1.82, 2.24) is 34.3 Å². The Morgan fingerprint density at radius 2 is 1.79 bits per heavy atom. The molecule has 2 fully saturated rings. The van der Waals surface area contributed by atoms with Crippen LogP contribution in [0.2, 0.25) is 0 Å². The van der Waals surface area contributed by atoms with Crippen molar-refractivity contribution in [3.8, 4) is 11.1 Å². The fourth-order valence-corrected chi connectivity index (χ4v) is 7.11. The molecule has 3 atom stereocenters. The van der Waals surface area contributed by atoms with E-state index >= 15 is 0 Å². The van der Waals surface area contributed by atoms with Gasteiger partial charge in [0.15, 0.2) is 11.4 Å². The van der Waals surface area contributed by atoms with Gasteiger partial charge in [-0.15, -0.1) is 0 Å². The van der Waals surface area contributed by atoms with E-state index in [0.717, 1.165) is 41.3 Å². The van der Waals surface area contributed by atoms with E-state index in [2.05, 4.69) is 25.5 Å². The molecule has 7 rings (SSSR count). The number of benzene rings is 1. The summed E-state index contributed by atoms with van der Waals surface area (Å²) in [5.41, 5.74) is 4.01. The van der Waals surface area contributed by atoms with Crippen LogP contribution in [-0.4, -0.2) is 63.9 Å². The third-order valence-electron chi connectivity index (χ3n) is 9.19. The molecule has 2 unspecified atom stereocenters. The van der Waals surface area contributed by atoms with Gasteiger partial charge in [0.2, 0.25) is 11.8 Å². The highest BCUT2D eigenvalue weighted by atomic mass is 19.4. The first-order valence-corrected chi connectivity index (χ1v) is 15.3. The Kier molecular flexibility index (Phi) is 7.13. The molecule has 1 aliphatic carbocycles. The van der Waals surface area contributed by atoms with Gasteiger partial charge < -0.3 is 10.2 Å². The summed E-state index contributed by atoms with van der Waals surface area (Å²) in [5, 5.41) is 12.2. The highest BCUT2D eigenvalue weighted by Crippen LogP contribution is 2.43. The molecule has 1 saturated carbocycles. The molecule has 0 spiro atoms. The first kappa shape index (κ1) is 30.5. The van der Waals surface area contributed by atoms with Crippen LogP contribution in [0.25, 0.3) is 27.7 Å². The molecule has 47 heavy (non-hydrogen) atoms. The Morgan fingerprint density at radius 1 is 1.00 bits per heavy atom. The predicted octanol–water partition coefficient (Wildman–Crippen LogP) is 5.31. The second-order valence-corrected chi connectivity index (χ2v) is 12.5. The Hall–Kier alpha value is -5.14. The third kappa shape index (κ3) is 5.30. The lowest BCUT2D eigenvalue weighted by molar-refractivity contribution is -0.141. The van der Waals surface area contributed by atoms with Gasteiger partial charge in [0.25, 0.3) is 0 Å². The number of Topliss-reactive ketones (excluding diaryl/α,β-unsaturated/α-hetero) is 1. The van der Waals surface area contributed by atoms with Crippen molar-refractivity contribution >= 4 is 40.0 Å². The van der Waals surface area contributed by atoms with Gasteiger partial charge in [-0.3, -0.25) is 19.1 Å². The number of aromatic nitrogens is 6. The number of piperidine rings is 1. The minimum absolute atomic E-state index is 0.133. The number of hydrogen-bond acceptors (Lipinski definition) is 7. The van der Waals surface area contributed by atoms with Gasteiger partial charge in [0.05, 0.1) is 11.2 Å². The Labute approximate surface area is 266 Å². The molecule has 11 nitrogen and oxygen atoms in total. The largest absolute Gasteiger partial charge is 0.433 e. The van der Waals surface area contributed by atoms with Gasteiger partial charge in [-0.25, -0.2) is 14.5 Å². The Bertz CT molecular complexity index is 2120. The fourth-order valence-electron chi connectivity index (χ4n) is 7.11. The molecule has 5 aromatic rings. The van der Waals surface area contributed by atoms with E-state index in [-0.39, 0.29) is 41.7 Å². The van der Waals surface area contributed by atoms with Crippen molar-refractivity contribution in [2.75, 3.05) is 5.32 Å². The molecule has 1 aromatic carbocycles. The van der Waals surface area contributed by atoms with E-state index < -0.39 is 23.8 Å². The molecule has 2 aliphatic rings. The lowest BCUT2D eigenvalue weighted by Gasteiger charge is -2.34. The van der Waals surface area contributed by atoms with E-state index in [1.165, 1.54) is 17.7 Å². The zero-order valence-electron chi connectivity index (χ0n) is 26.1. The summed E-state index contributed by atoms with van der Waals surface area (Å²) < 4.78 is 43.2. The van der Waals surface area contributed by atoms with E-state index in [0.29, 0.717) is 28.5 Å². The number of aryl methyl sites for hydroxylation is 3. The van der Waals surface area contributed by atoms with Crippen molar-refractivity contribution in [2.24, 2.45) is 5.92 Å². The van der Waals surface area contributed by atoms with Crippen LogP contribution in [0, 0.1) is 26.7 Å². The molecule has 2 amide bonds. The first-order valence-electron chi connectivity index (χ1n) is 15.3. The molecule has 14 heteroatoms. The number of hydrogen-bond donors (Lipinski definition) is 1. The van der Waals surface area contributed by atoms with Crippen LogP contribution < -0.4 is 5.32 Å². The van der Waals surface area contributed by atoms with Crippen molar-refractivity contribution < 1.29 is 27.6 Å². The number of ketones is 1. The highest BCUT2D eigenvalue weighted by Gasteiger charge is 2.51. The van der Waals surface area contributed by atoms with Gasteiger partial charge in [-0.05, 0) is 80.8 Å². The van der Waals surface area contributed by atoms with Gasteiger partial charge in [0, 0.05) is 42.4 Å². The van der Waals surface area contributed by atoms with Crippen molar-refractivity contribution in [1.29, 1.82) is 0 Å². The number of alkyl halides is 3. The normalized spacial score (nSPS) is 19.2. The Balaban J connectivity index is 1.20. The maximum atomic E-state index is 14.0. The van der Waals surface area contributed by atoms with E-state index in [9.17, 15) is 27.6 Å². The van der Waals surface area contributed by atoms with Gasteiger partial charge in [-0.2, -0.15) is 23.4 Å². The van der Waals surface area contributed by atoms with Crippen LogP contribution in [-0.2, 0) is 22.3 Å². The van der Waals surface area contributed by atoms with E-state index in [4.69, 9.17) is 0 Å². The lowest BCUT2D eigenvalue weighted by Crippen LogP contribution is -2.52. The molecule has 5 heterocycles. The van der Waals surface area contributed by atoms with Gasteiger partial charge >= 0.3 is 6.18 Å². The van der Waals surface area contributed by atoms with Crippen LogP contribution in [0.5, 0.6) is 0 Å². The van der Waals surface area contributed by atoms with E-state index in [1.807, 2.05) is 38.2 Å². The number of nitrogens with one attached hydrogen (secondary N) is 1. The zero-order valence-corrected chi connectivity index (χ0v) is 26.1. The number of carbonyl (C=O) groups excluding carboxylic acids is 3. The van der Waals surface area contributed by atoms with E-state index in [1.54, 1.807) is 22.5 Å². The topological polar surface area (TPSA) is 127 Å². The molecule has 2 bridgehead atoms. The Morgan fingerprint density at radius 3 is 2.53 bits per heavy atom. The highest BCUT2D eigenvalue weighted by molar-refractivity contribution is 6.07. The van der Waals surface area contributed by atoms with Crippen LogP contribution in [0.15, 0.2) is 42.7 Å². The van der Waals surface area contributed by atoms with Crippen molar-refractivity contribution in [3.63, 3.8) is 0 Å². The number of fused-ring (bicyclic) bond motifs is 4. The molecule has 0 radical (unpaired) electrons. The van der Waals surface area contributed by atoms with Crippen LogP contribution in [0.3, 0.4) is 0 Å². The predicted molar refractivity (Wildman–Crippen MR) is 166 cm³/mol. The number of amides is 2. The van der Waals surface area contributed by atoms with Gasteiger partial charge in [0.1, 0.15) is 29.8 Å². The fraction of sp³-hybridized carbons (Fsp3) is 0.364. The zero-order chi connectivity index (χ0) is 33.4. The summed E-state index contributed by atoms with van der Waals surface area (Å²) in [7, 11) is 0. The van der Waals surface area contributed by atoms with Crippen LogP contribution in [0.4, 0.5) is 19.0 Å². The molecule has 1 aliphatic heterocycles. The monoisotopic (exact) mass is 644 g/mol. The number of carbonyl (C=O) groups is 3. The average molecular weight is 645 g/mol. The maximum absolute atomic E-state index is 14.0. The van der Waals surface area contributed by atoms with Crippen LogP contribution in [0.1, 0.15) is 59.2 Å². The first-order chi connectivity index (χ1) is 22.3. The number of rotatable bonds is 6. The number of pyridine rings is 1. The van der Waals surface area contributed by atoms with Gasteiger partial charge in [-0.1, -0.05) is 6.07 Å². The number of likely N-dealkylation sites (tertiary alicyclic amines) is 1. The quantitative estimate of drug-likeness (QED) is 0.249. The molecular weight excluding hydrogens is 613 g/mol. The molecule has 4 aromatic heterocycles. The molecular formula is C33H31F3N8O3. The summed E-state index contributed by atoms with van der Waals surface area (Å²) in [6.07, 6.45) is 0.990. The molecule has 1 saturated heterocycles.